The second-order valence-electron chi connectivity index (χ2n) is 7.07. The van der Waals surface area contributed by atoms with Crippen molar-refractivity contribution in [2.75, 3.05) is 13.2 Å². The van der Waals surface area contributed by atoms with Gasteiger partial charge in [-0.2, -0.15) is 5.10 Å². The van der Waals surface area contributed by atoms with Crippen molar-refractivity contribution in [2.45, 2.75) is 27.4 Å². The molecule has 6 heteroatoms. The van der Waals surface area contributed by atoms with Gasteiger partial charge in [-0.1, -0.05) is 29.8 Å². The number of aryl methyl sites for hydroxylation is 1. The Balaban J connectivity index is 1.54. The molecule has 3 rings (SSSR count). The van der Waals surface area contributed by atoms with Gasteiger partial charge in [0, 0.05) is 5.56 Å². The van der Waals surface area contributed by atoms with Crippen molar-refractivity contribution in [3.05, 3.63) is 89.0 Å². The van der Waals surface area contributed by atoms with Crippen molar-refractivity contribution >= 4 is 12.1 Å². The third-order valence-electron chi connectivity index (χ3n) is 4.59. The maximum absolute atomic E-state index is 12.4. The highest BCUT2D eigenvalue weighted by Gasteiger charge is 2.11. The van der Waals surface area contributed by atoms with Gasteiger partial charge in [0.25, 0.3) is 5.91 Å². The highest BCUT2D eigenvalue weighted by Crippen LogP contribution is 2.28. The third-order valence-corrected chi connectivity index (χ3v) is 4.59. The van der Waals surface area contributed by atoms with Gasteiger partial charge >= 0.3 is 0 Å². The van der Waals surface area contributed by atoms with Crippen LogP contribution < -0.4 is 19.6 Å². The monoisotopic (exact) mass is 432 g/mol. The molecule has 0 bridgehead atoms. The minimum atomic E-state index is -0.330. The molecule has 3 aromatic rings. The normalized spacial score (nSPS) is 10.7. The molecule has 1 amide bonds. The Hall–Kier alpha value is -3.80. The highest BCUT2D eigenvalue weighted by molar-refractivity contribution is 5.95. The molecule has 0 aliphatic heterocycles. The minimum Gasteiger partial charge on any atom is -0.490 e. The summed E-state index contributed by atoms with van der Waals surface area (Å²) in [6, 6.07) is 20.8. The quantitative estimate of drug-likeness (QED) is 0.356. The lowest BCUT2D eigenvalue weighted by Crippen LogP contribution is -2.17. The molecule has 0 unspecified atom stereocenters. The second kappa shape index (κ2) is 11.6. The van der Waals surface area contributed by atoms with Crippen LogP contribution in [0, 0.1) is 6.92 Å². The van der Waals surface area contributed by atoms with Crippen molar-refractivity contribution < 1.29 is 19.0 Å². The van der Waals surface area contributed by atoms with E-state index in [0.29, 0.717) is 36.9 Å². The Kier molecular flexibility index (Phi) is 8.26. The van der Waals surface area contributed by atoms with Crippen LogP contribution >= 0.6 is 0 Å². The number of nitrogens with one attached hydrogen (secondary N) is 1. The van der Waals surface area contributed by atoms with Gasteiger partial charge in [0.15, 0.2) is 11.5 Å². The van der Waals surface area contributed by atoms with E-state index < -0.39 is 0 Å². The molecule has 6 nitrogen and oxygen atoms in total. The number of hydrogen-bond acceptors (Lipinski definition) is 5. The van der Waals surface area contributed by atoms with Gasteiger partial charge in [-0.25, -0.2) is 5.43 Å². The van der Waals surface area contributed by atoms with Crippen LogP contribution in [-0.4, -0.2) is 25.3 Å². The van der Waals surface area contributed by atoms with Crippen molar-refractivity contribution in [1.82, 2.24) is 5.43 Å². The van der Waals surface area contributed by atoms with Crippen LogP contribution in [0.3, 0.4) is 0 Å². The number of carbonyl (C=O) groups is 1. The number of amides is 1. The summed E-state index contributed by atoms with van der Waals surface area (Å²) in [6.07, 6.45) is 1.58. The number of benzene rings is 3. The SMILES string of the molecule is CCOc1ccc(C(=O)N/N=C/c2ccc(OCc3ccc(C)cc3)cc2)cc1OCC. The van der Waals surface area contributed by atoms with Gasteiger partial charge in [-0.3, -0.25) is 4.79 Å². The summed E-state index contributed by atoms with van der Waals surface area (Å²) in [5.74, 6) is 1.58. The number of nitrogens with zero attached hydrogens (tertiary/aromatic N) is 1. The van der Waals surface area contributed by atoms with Crippen LogP contribution in [-0.2, 0) is 6.61 Å². The van der Waals surface area contributed by atoms with Crippen molar-refractivity contribution in [1.29, 1.82) is 0 Å². The van der Waals surface area contributed by atoms with Crippen LogP contribution in [0.25, 0.3) is 0 Å². The lowest BCUT2D eigenvalue weighted by molar-refractivity contribution is 0.0954. The van der Waals surface area contributed by atoms with E-state index in [0.717, 1.165) is 16.9 Å². The van der Waals surface area contributed by atoms with E-state index >= 15 is 0 Å². The average Bonchev–Trinajstić information content (AvgIpc) is 2.81. The lowest BCUT2D eigenvalue weighted by atomic mass is 10.2. The summed E-state index contributed by atoms with van der Waals surface area (Å²) in [6.45, 7) is 7.35. The average molecular weight is 433 g/mol. The zero-order valence-electron chi connectivity index (χ0n) is 18.6. The van der Waals surface area contributed by atoms with Gasteiger partial charge in [0.2, 0.25) is 0 Å². The second-order valence-corrected chi connectivity index (χ2v) is 7.07. The Labute approximate surface area is 188 Å². The van der Waals surface area contributed by atoms with E-state index in [1.807, 2.05) is 38.1 Å². The summed E-state index contributed by atoms with van der Waals surface area (Å²) in [7, 11) is 0. The molecule has 0 saturated heterocycles. The Bertz CT molecular complexity index is 1040. The van der Waals surface area contributed by atoms with Gasteiger partial charge in [0.1, 0.15) is 12.4 Å². The summed E-state index contributed by atoms with van der Waals surface area (Å²) in [4.78, 5) is 12.4. The molecule has 0 aliphatic rings. The number of rotatable bonds is 10. The molecule has 0 heterocycles. The van der Waals surface area contributed by atoms with E-state index in [4.69, 9.17) is 14.2 Å². The van der Waals surface area contributed by atoms with Gasteiger partial charge < -0.3 is 14.2 Å². The molecule has 0 aromatic heterocycles. The maximum atomic E-state index is 12.4. The Morgan fingerprint density at radius 1 is 0.875 bits per heavy atom. The molecule has 0 saturated carbocycles. The third kappa shape index (κ3) is 6.60. The number of hydrogen-bond donors (Lipinski definition) is 1. The molecular weight excluding hydrogens is 404 g/mol. The van der Waals surface area contributed by atoms with Crippen molar-refractivity contribution in [2.24, 2.45) is 5.10 Å². The molecule has 1 N–H and O–H groups in total. The van der Waals surface area contributed by atoms with Crippen LogP contribution in [0.2, 0.25) is 0 Å². The molecule has 0 fully saturated rings. The summed E-state index contributed by atoms with van der Waals surface area (Å²) >= 11 is 0. The first-order chi connectivity index (χ1) is 15.6. The Morgan fingerprint density at radius 3 is 2.25 bits per heavy atom. The molecule has 166 valence electrons. The van der Waals surface area contributed by atoms with Crippen molar-refractivity contribution in [3.63, 3.8) is 0 Å². The number of carbonyl (C=O) groups excluding carboxylic acids is 1. The maximum Gasteiger partial charge on any atom is 0.271 e. The van der Waals surface area contributed by atoms with E-state index in [1.54, 1.807) is 24.4 Å². The zero-order chi connectivity index (χ0) is 22.8. The Morgan fingerprint density at radius 2 is 1.56 bits per heavy atom. The fourth-order valence-corrected chi connectivity index (χ4v) is 2.92. The van der Waals surface area contributed by atoms with E-state index in [-0.39, 0.29) is 5.91 Å². The fraction of sp³-hybridized carbons (Fsp3) is 0.231. The van der Waals surface area contributed by atoms with Crippen LogP contribution in [0.1, 0.15) is 40.9 Å². The predicted octanol–water partition coefficient (Wildman–Crippen LogP) is 5.14. The van der Waals surface area contributed by atoms with E-state index in [1.165, 1.54) is 5.56 Å². The van der Waals surface area contributed by atoms with Crippen LogP contribution in [0.15, 0.2) is 71.8 Å². The van der Waals surface area contributed by atoms with E-state index in [2.05, 4.69) is 41.7 Å². The summed E-state index contributed by atoms with van der Waals surface area (Å²) in [5.41, 5.74) is 6.16. The van der Waals surface area contributed by atoms with Crippen LogP contribution in [0.5, 0.6) is 17.2 Å². The largest absolute Gasteiger partial charge is 0.490 e. The van der Waals surface area contributed by atoms with Gasteiger partial charge in [-0.15, -0.1) is 0 Å². The minimum absolute atomic E-state index is 0.330. The molecule has 0 aliphatic carbocycles. The molecular formula is C26H28N2O4. The molecule has 32 heavy (non-hydrogen) atoms. The van der Waals surface area contributed by atoms with Crippen LogP contribution in [0.4, 0.5) is 0 Å². The molecule has 0 radical (unpaired) electrons. The fourth-order valence-electron chi connectivity index (χ4n) is 2.92. The number of hydrazone groups is 1. The predicted molar refractivity (Wildman–Crippen MR) is 126 cm³/mol. The van der Waals surface area contributed by atoms with Gasteiger partial charge in [0.05, 0.1) is 19.4 Å². The summed E-state index contributed by atoms with van der Waals surface area (Å²) in [5, 5.41) is 4.05. The topological polar surface area (TPSA) is 69.2 Å². The first kappa shape index (κ1) is 22.9. The molecule has 0 atom stereocenters. The van der Waals surface area contributed by atoms with Gasteiger partial charge in [-0.05, 0) is 74.4 Å². The first-order valence-corrected chi connectivity index (χ1v) is 10.6. The first-order valence-electron chi connectivity index (χ1n) is 10.6. The zero-order valence-corrected chi connectivity index (χ0v) is 18.6. The van der Waals surface area contributed by atoms with Crippen molar-refractivity contribution in [3.8, 4) is 17.2 Å². The number of ether oxygens (including phenoxy) is 3. The molecule has 3 aromatic carbocycles. The standard InChI is InChI=1S/C26H28N2O4/c1-4-30-24-15-12-22(16-25(24)31-5-2)26(29)28-27-17-20-10-13-23(14-11-20)32-18-21-8-6-19(3)7-9-21/h6-17H,4-5,18H2,1-3H3,(H,28,29)/b27-17+. The molecule has 0 spiro atoms. The smallest absolute Gasteiger partial charge is 0.271 e. The van der Waals surface area contributed by atoms with E-state index in [9.17, 15) is 4.79 Å². The summed E-state index contributed by atoms with van der Waals surface area (Å²) < 4.78 is 16.9. The lowest BCUT2D eigenvalue weighted by Gasteiger charge is -2.11. The highest BCUT2D eigenvalue weighted by atomic mass is 16.5.